The fraction of sp³-hybridized carbons (Fsp3) is 0.133. The predicted molar refractivity (Wildman–Crippen MR) is 69.2 cm³/mol. The highest BCUT2D eigenvalue weighted by Crippen LogP contribution is 2.29. The summed E-state index contributed by atoms with van der Waals surface area (Å²) < 4.78 is 42.6. The van der Waals surface area contributed by atoms with E-state index in [1.165, 1.54) is 30.3 Å². The van der Waals surface area contributed by atoms with Gasteiger partial charge in [0.25, 0.3) is 0 Å². The molecule has 0 atom stereocenters. The van der Waals surface area contributed by atoms with E-state index >= 15 is 0 Å². The summed E-state index contributed by atoms with van der Waals surface area (Å²) in [5.74, 6) is -0.732. The highest BCUT2D eigenvalue weighted by Gasteiger charge is 2.29. The van der Waals surface area contributed by atoms with Crippen LogP contribution in [0, 0.1) is 0 Å². The number of hydrogen-bond acceptors (Lipinski definition) is 2. The van der Waals surface area contributed by atoms with Gasteiger partial charge >= 0.3 is 12.1 Å². The molecule has 3 nitrogen and oxygen atoms in total. The van der Waals surface area contributed by atoms with Crippen molar-refractivity contribution in [1.29, 1.82) is 0 Å². The lowest BCUT2D eigenvalue weighted by Gasteiger charge is -2.09. The first kappa shape index (κ1) is 14.9. The van der Waals surface area contributed by atoms with Crippen molar-refractivity contribution >= 4 is 5.97 Å². The Morgan fingerprint density at radius 1 is 1.10 bits per heavy atom. The highest BCUT2D eigenvalue weighted by atomic mass is 19.4. The molecule has 6 heteroatoms. The average Bonchev–Trinajstić information content (AvgIpc) is 2.45. The van der Waals surface area contributed by atoms with Crippen LogP contribution in [0.1, 0.15) is 21.5 Å². The molecule has 0 aromatic heterocycles. The van der Waals surface area contributed by atoms with Gasteiger partial charge in [0.15, 0.2) is 0 Å². The minimum Gasteiger partial charge on any atom is -0.489 e. The number of carboxylic acid groups (broad SMARTS) is 1. The third kappa shape index (κ3) is 3.98. The summed E-state index contributed by atoms with van der Waals surface area (Å²) in [7, 11) is 0. The van der Waals surface area contributed by atoms with Gasteiger partial charge in [-0.05, 0) is 35.9 Å². The van der Waals surface area contributed by atoms with Crippen LogP contribution in [0.4, 0.5) is 13.2 Å². The van der Waals surface area contributed by atoms with E-state index < -0.39 is 17.7 Å². The SMILES string of the molecule is O=C(O)c1cccc(OCc2ccc(C(F)(F)F)cc2)c1. The van der Waals surface area contributed by atoms with Crippen LogP contribution >= 0.6 is 0 Å². The number of halogens is 3. The van der Waals surface area contributed by atoms with Crippen LogP contribution in [-0.4, -0.2) is 11.1 Å². The summed E-state index contributed by atoms with van der Waals surface area (Å²) in [4.78, 5) is 10.8. The van der Waals surface area contributed by atoms with Crippen molar-refractivity contribution in [3.63, 3.8) is 0 Å². The Bertz CT molecular complexity index is 633. The number of aromatic carboxylic acids is 1. The molecule has 0 aliphatic carbocycles. The zero-order valence-corrected chi connectivity index (χ0v) is 10.7. The van der Waals surface area contributed by atoms with Crippen LogP contribution in [0.15, 0.2) is 48.5 Å². The minimum absolute atomic E-state index is 0.0568. The Hall–Kier alpha value is -2.50. The molecule has 0 heterocycles. The Morgan fingerprint density at radius 2 is 1.76 bits per heavy atom. The number of rotatable bonds is 4. The van der Waals surface area contributed by atoms with Crippen LogP contribution < -0.4 is 4.74 Å². The molecule has 1 N–H and O–H groups in total. The Labute approximate surface area is 118 Å². The highest BCUT2D eigenvalue weighted by molar-refractivity contribution is 5.87. The molecule has 0 spiro atoms. The van der Waals surface area contributed by atoms with Gasteiger partial charge in [-0.25, -0.2) is 4.79 Å². The van der Waals surface area contributed by atoms with Crippen LogP contribution in [0.5, 0.6) is 5.75 Å². The molecular formula is C15H11F3O3. The van der Waals surface area contributed by atoms with Crippen molar-refractivity contribution in [3.8, 4) is 5.75 Å². The lowest BCUT2D eigenvalue weighted by atomic mass is 10.1. The van der Waals surface area contributed by atoms with Crippen LogP contribution in [-0.2, 0) is 12.8 Å². The van der Waals surface area contributed by atoms with Gasteiger partial charge in [0, 0.05) is 0 Å². The molecular weight excluding hydrogens is 285 g/mol. The second-order valence-corrected chi connectivity index (χ2v) is 4.32. The van der Waals surface area contributed by atoms with Crippen molar-refractivity contribution in [2.45, 2.75) is 12.8 Å². The van der Waals surface area contributed by atoms with E-state index in [2.05, 4.69) is 0 Å². The molecule has 0 fully saturated rings. The normalized spacial score (nSPS) is 11.2. The zero-order valence-electron chi connectivity index (χ0n) is 10.7. The fourth-order valence-electron chi connectivity index (χ4n) is 1.68. The third-order valence-electron chi connectivity index (χ3n) is 2.77. The maximum Gasteiger partial charge on any atom is 0.416 e. The monoisotopic (exact) mass is 296 g/mol. The summed E-state index contributed by atoms with van der Waals surface area (Å²) in [6, 6.07) is 10.5. The van der Waals surface area contributed by atoms with Crippen molar-refractivity contribution in [1.82, 2.24) is 0 Å². The van der Waals surface area contributed by atoms with Gasteiger partial charge in [-0.2, -0.15) is 13.2 Å². The van der Waals surface area contributed by atoms with Crippen molar-refractivity contribution in [3.05, 3.63) is 65.2 Å². The molecule has 0 amide bonds. The first-order valence-corrected chi connectivity index (χ1v) is 5.98. The number of benzene rings is 2. The van der Waals surface area contributed by atoms with Gasteiger partial charge < -0.3 is 9.84 Å². The third-order valence-corrected chi connectivity index (χ3v) is 2.77. The number of carboxylic acids is 1. The topological polar surface area (TPSA) is 46.5 Å². The Kier molecular flexibility index (Phi) is 4.16. The van der Waals surface area contributed by atoms with Gasteiger partial charge in [-0.3, -0.25) is 0 Å². The van der Waals surface area contributed by atoms with Crippen LogP contribution in [0.25, 0.3) is 0 Å². The van der Waals surface area contributed by atoms with Crippen molar-refractivity contribution in [2.75, 3.05) is 0 Å². The molecule has 0 aliphatic heterocycles. The van der Waals surface area contributed by atoms with Gasteiger partial charge in [0.05, 0.1) is 11.1 Å². The fourth-order valence-corrected chi connectivity index (χ4v) is 1.68. The summed E-state index contributed by atoms with van der Waals surface area (Å²) in [6.45, 7) is 0.0568. The molecule has 110 valence electrons. The quantitative estimate of drug-likeness (QED) is 0.928. The summed E-state index contributed by atoms with van der Waals surface area (Å²) in [5.41, 5.74) is -0.0808. The van der Waals surface area contributed by atoms with Crippen molar-refractivity contribution in [2.24, 2.45) is 0 Å². The van der Waals surface area contributed by atoms with Gasteiger partial charge in [-0.15, -0.1) is 0 Å². The molecule has 0 saturated carbocycles. The summed E-state index contributed by atoms with van der Waals surface area (Å²) >= 11 is 0. The van der Waals surface area contributed by atoms with Gasteiger partial charge in [-0.1, -0.05) is 18.2 Å². The van der Waals surface area contributed by atoms with Gasteiger partial charge in [0.1, 0.15) is 12.4 Å². The Balaban J connectivity index is 2.03. The lowest BCUT2D eigenvalue weighted by molar-refractivity contribution is -0.137. The molecule has 0 radical (unpaired) electrons. The van der Waals surface area contributed by atoms with E-state index in [-0.39, 0.29) is 12.2 Å². The second kappa shape index (κ2) is 5.87. The lowest BCUT2D eigenvalue weighted by Crippen LogP contribution is -2.05. The largest absolute Gasteiger partial charge is 0.489 e. The molecule has 2 aromatic carbocycles. The Morgan fingerprint density at radius 3 is 2.33 bits per heavy atom. The van der Waals surface area contributed by atoms with E-state index in [0.29, 0.717) is 11.3 Å². The minimum atomic E-state index is -4.37. The first-order valence-electron chi connectivity index (χ1n) is 5.98. The number of carbonyl (C=O) groups is 1. The second-order valence-electron chi connectivity index (χ2n) is 4.32. The van der Waals surface area contributed by atoms with Crippen LogP contribution in [0.3, 0.4) is 0 Å². The van der Waals surface area contributed by atoms with E-state index in [0.717, 1.165) is 12.1 Å². The predicted octanol–water partition coefficient (Wildman–Crippen LogP) is 3.98. The molecule has 0 saturated heterocycles. The van der Waals surface area contributed by atoms with E-state index in [1.807, 2.05) is 0 Å². The van der Waals surface area contributed by atoms with Crippen molar-refractivity contribution < 1.29 is 27.8 Å². The van der Waals surface area contributed by atoms with E-state index in [4.69, 9.17) is 9.84 Å². The first-order chi connectivity index (χ1) is 9.86. The molecule has 0 unspecified atom stereocenters. The smallest absolute Gasteiger partial charge is 0.416 e. The van der Waals surface area contributed by atoms with Crippen LogP contribution in [0.2, 0.25) is 0 Å². The molecule has 0 bridgehead atoms. The zero-order chi connectivity index (χ0) is 15.5. The molecule has 21 heavy (non-hydrogen) atoms. The maximum absolute atomic E-state index is 12.4. The number of ether oxygens (including phenoxy) is 1. The maximum atomic E-state index is 12.4. The van der Waals surface area contributed by atoms with E-state index in [1.54, 1.807) is 6.07 Å². The molecule has 2 aromatic rings. The van der Waals surface area contributed by atoms with E-state index in [9.17, 15) is 18.0 Å². The summed E-state index contributed by atoms with van der Waals surface area (Å²) in [5, 5.41) is 8.84. The molecule has 2 rings (SSSR count). The van der Waals surface area contributed by atoms with Gasteiger partial charge in [0.2, 0.25) is 0 Å². The number of hydrogen-bond donors (Lipinski definition) is 1. The average molecular weight is 296 g/mol. The standard InChI is InChI=1S/C15H11F3O3/c16-15(17,18)12-6-4-10(5-7-12)9-21-13-3-1-2-11(8-13)14(19)20/h1-8H,9H2,(H,19,20). The molecule has 0 aliphatic rings. The summed E-state index contributed by atoms with van der Waals surface area (Å²) in [6.07, 6.45) is -4.37. The number of alkyl halides is 3.